The van der Waals surface area contributed by atoms with Gasteiger partial charge in [0.1, 0.15) is 0 Å². The van der Waals surface area contributed by atoms with Crippen LogP contribution in [0.25, 0.3) is 0 Å². The molecule has 1 unspecified atom stereocenters. The van der Waals surface area contributed by atoms with Crippen LogP contribution in [0, 0.1) is 6.92 Å². The first kappa shape index (κ1) is 20.6. The fourth-order valence-corrected chi connectivity index (χ4v) is 3.58. The Morgan fingerprint density at radius 3 is 2.42 bits per heavy atom. The van der Waals surface area contributed by atoms with Gasteiger partial charge >= 0.3 is 0 Å². The van der Waals surface area contributed by atoms with Crippen LogP contribution in [0.2, 0.25) is 10.0 Å². The summed E-state index contributed by atoms with van der Waals surface area (Å²) >= 11 is 12.1. The standard InChI is InChI=1S/C18H20Cl2N2O3S/c1-4-12(3)21-18(23)15-10-14(7-8-16(15)19)26(24,25)22-13-6-5-11(2)17(20)9-13/h5-10,12,22H,4H2,1-3H3,(H,21,23). The molecule has 0 bridgehead atoms. The molecule has 5 nitrogen and oxygen atoms in total. The molecule has 8 heteroatoms. The van der Waals surface area contributed by atoms with Gasteiger partial charge in [0, 0.05) is 11.1 Å². The number of sulfonamides is 1. The van der Waals surface area contributed by atoms with Crippen LogP contribution in [-0.2, 0) is 10.0 Å². The molecule has 0 spiro atoms. The SMILES string of the molecule is CCC(C)NC(=O)c1cc(S(=O)(=O)Nc2ccc(C)c(Cl)c2)ccc1Cl. The van der Waals surface area contributed by atoms with Gasteiger partial charge < -0.3 is 5.32 Å². The van der Waals surface area contributed by atoms with Gasteiger partial charge in [-0.2, -0.15) is 0 Å². The number of carbonyl (C=O) groups is 1. The lowest BCUT2D eigenvalue weighted by atomic mass is 10.2. The summed E-state index contributed by atoms with van der Waals surface area (Å²) in [5.74, 6) is -0.417. The van der Waals surface area contributed by atoms with E-state index in [1.54, 1.807) is 12.1 Å². The highest BCUT2D eigenvalue weighted by molar-refractivity contribution is 7.92. The Balaban J connectivity index is 2.33. The second-order valence-electron chi connectivity index (χ2n) is 5.99. The lowest BCUT2D eigenvalue weighted by Crippen LogP contribution is -2.32. The lowest BCUT2D eigenvalue weighted by molar-refractivity contribution is 0.0939. The summed E-state index contributed by atoms with van der Waals surface area (Å²) in [6, 6.07) is 8.81. The topological polar surface area (TPSA) is 75.3 Å². The molecule has 2 aromatic rings. The van der Waals surface area contributed by atoms with Crippen molar-refractivity contribution in [3.63, 3.8) is 0 Å². The van der Waals surface area contributed by atoms with E-state index in [9.17, 15) is 13.2 Å². The molecular formula is C18H20Cl2N2O3S. The Morgan fingerprint density at radius 1 is 1.12 bits per heavy atom. The normalized spacial score (nSPS) is 12.5. The van der Waals surface area contributed by atoms with E-state index >= 15 is 0 Å². The minimum Gasteiger partial charge on any atom is -0.350 e. The van der Waals surface area contributed by atoms with E-state index in [0.29, 0.717) is 10.7 Å². The van der Waals surface area contributed by atoms with Gasteiger partial charge in [0.25, 0.3) is 15.9 Å². The molecule has 1 atom stereocenters. The van der Waals surface area contributed by atoms with Crippen molar-refractivity contribution in [1.82, 2.24) is 5.32 Å². The second-order valence-corrected chi connectivity index (χ2v) is 8.49. The molecule has 1 amide bonds. The molecular weight excluding hydrogens is 395 g/mol. The van der Waals surface area contributed by atoms with Gasteiger partial charge in [0.05, 0.1) is 21.2 Å². The van der Waals surface area contributed by atoms with Crippen LogP contribution < -0.4 is 10.0 Å². The first-order chi connectivity index (χ1) is 12.1. The van der Waals surface area contributed by atoms with E-state index in [-0.39, 0.29) is 21.5 Å². The van der Waals surface area contributed by atoms with Crippen molar-refractivity contribution in [1.29, 1.82) is 0 Å². The number of aryl methyl sites for hydroxylation is 1. The Morgan fingerprint density at radius 2 is 1.81 bits per heavy atom. The van der Waals surface area contributed by atoms with E-state index < -0.39 is 15.9 Å². The summed E-state index contributed by atoms with van der Waals surface area (Å²) in [5.41, 5.74) is 1.28. The maximum absolute atomic E-state index is 12.6. The third-order valence-corrected chi connectivity index (χ3v) is 6.02. The highest BCUT2D eigenvalue weighted by Gasteiger charge is 2.20. The number of hydrogen-bond donors (Lipinski definition) is 2. The first-order valence-electron chi connectivity index (χ1n) is 8.03. The average molecular weight is 415 g/mol. The molecule has 2 N–H and O–H groups in total. The summed E-state index contributed by atoms with van der Waals surface area (Å²) in [5, 5.41) is 3.41. The zero-order chi connectivity index (χ0) is 19.5. The first-order valence-corrected chi connectivity index (χ1v) is 10.3. The Hall–Kier alpha value is -1.76. The Bertz CT molecular complexity index is 930. The van der Waals surface area contributed by atoms with Crippen LogP contribution in [0.3, 0.4) is 0 Å². The summed E-state index contributed by atoms with van der Waals surface area (Å²) in [6.45, 7) is 5.61. The van der Waals surface area contributed by atoms with Crippen LogP contribution in [-0.4, -0.2) is 20.4 Å². The molecule has 0 aliphatic heterocycles. The predicted molar refractivity (Wildman–Crippen MR) is 106 cm³/mol. The monoisotopic (exact) mass is 414 g/mol. The predicted octanol–water partition coefficient (Wildman–Crippen LogP) is 4.63. The molecule has 140 valence electrons. The number of anilines is 1. The van der Waals surface area contributed by atoms with Crippen molar-refractivity contribution in [3.8, 4) is 0 Å². The zero-order valence-electron chi connectivity index (χ0n) is 14.6. The molecule has 0 aromatic heterocycles. The molecule has 0 saturated carbocycles. The van der Waals surface area contributed by atoms with Gasteiger partial charge in [-0.3, -0.25) is 9.52 Å². The minimum atomic E-state index is -3.90. The van der Waals surface area contributed by atoms with Gasteiger partial charge in [-0.25, -0.2) is 8.42 Å². The smallest absolute Gasteiger partial charge is 0.261 e. The fourth-order valence-electron chi connectivity index (χ4n) is 2.12. The maximum Gasteiger partial charge on any atom is 0.261 e. The van der Waals surface area contributed by atoms with E-state index in [4.69, 9.17) is 23.2 Å². The van der Waals surface area contributed by atoms with Crippen LogP contribution in [0.5, 0.6) is 0 Å². The fraction of sp³-hybridized carbons (Fsp3) is 0.278. The van der Waals surface area contributed by atoms with E-state index in [0.717, 1.165) is 12.0 Å². The van der Waals surface area contributed by atoms with E-state index in [1.807, 2.05) is 20.8 Å². The summed E-state index contributed by atoms with van der Waals surface area (Å²) in [4.78, 5) is 12.3. The van der Waals surface area contributed by atoms with Crippen LogP contribution in [0.15, 0.2) is 41.3 Å². The third-order valence-electron chi connectivity index (χ3n) is 3.91. The van der Waals surface area contributed by atoms with Crippen LogP contribution >= 0.6 is 23.2 Å². The zero-order valence-corrected chi connectivity index (χ0v) is 17.0. The number of hydrogen-bond acceptors (Lipinski definition) is 3. The Labute approximate surface area is 163 Å². The van der Waals surface area contributed by atoms with Crippen molar-refractivity contribution < 1.29 is 13.2 Å². The molecule has 0 heterocycles. The number of nitrogens with one attached hydrogen (secondary N) is 2. The number of benzene rings is 2. The van der Waals surface area contributed by atoms with Crippen LogP contribution in [0.1, 0.15) is 36.2 Å². The molecule has 2 rings (SSSR count). The summed E-state index contributed by atoms with van der Waals surface area (Å²) in [6.07, 6.45) is 0.747. The highest BCUT2D eigenvalue weighted by Crippen LogP contribution is 2.25. The third kappa shape index (κ3) is 4.90. The van der Waals surface area contributed by atoms with Gasteiger partial charge in [-0.15, -0.1) is 0 Å². The van der Waals surface area contributed by atoms with Gasteiger partial charge in [0.15, 0.2) is 0 Å². The van der Waals surface area contributed by atoms with Crippen molar-refractivity contribution in [2.75, 3.05) is 4.72 Å². The second kappa shape index (κ2) is 8.29. The molecule has 26 heavy (non-hydrogen) atoms. The molecule has 0 aliphatic rings. The molecule has 0 saturated heterocycles. The lowest BCUT2D eigenvalue weighted by Gasteiger charge is -2.14. The average Bonchev–Trinajstić information content (AvgIpc) is 2.57. The minimum absolute atomic E-state index is 0.0494. The number of halogens is 2. The maximum atomic E-state index is 12.6. The molecule has 2 aromatic carbocycles. The highest BCUT2D eigenvalue weighted by atomic mass is 35.5. The largest absolute Gasteiger partial charge is 0.350 e. The van der Waals surface area contributed by atoms with E-state index in [2.05, 4.69) is 10.0 Å². The molecule has 0 aliphatic carbocycles. The van der Waals surface area contributed by atoms with Crippen molar-refractivity contribution in [2.45, 2.75) is 38.1 Å². The summed E-state index contributed by atoms with van der Waals surface area (Å²) in [7, 11) is -3.90. The van der Waals surface area contributed by atoms with Crippen molar-refractivity contribution >= 4 is 44.8 Å². The molecule has 0 fully saturated rings. The summed E-state index contributed by atoms with van der Waals surface area (Å²) < 4.78 is 27.7. The number of carbonyl (C=O) groups excluding carboxylic acids is 1. The number of amides is 1. The Kier molecular flexibility index (Phi) is 6.55. The quantitative estimate of drug-likeness (QED) is 0.722. The van der Waals surface area contributed by atoms with Gasteiger partial charge in [-0.1, -0.05) is 36.2 Å². The van der Waals surface area contributed by atoms with Gasteiger partial charge in [-0.05, 0) is 56.2 Å². The van der Waals surface area contributed by atoms with Crippen molar-refractivity contribution in [3.05, 3.63) is 57.6 Å². The van der Waals surface area contributed by atoms with Crippen molar-refractivity contribution in [2.24, 2.45) is 0 Å². The van der Waals surface area contributed by atoms with Crippen LogP contribution in [0.4, 0.5) is 5.69 Å². The molecule has 0 radical (unpaired) electrons. The van der Waals surface area contributed by atoms with E-state index in [1.165, 1.54) is 24.3 Å². The number of rotatable bonds is 6. The van der Waals surface area contributed by atoms with Gasteiger partial charge in [0.2, 0.25) is 0 Å².